The van der Waals surface area contributed by atoms with Crippen LogP contribution >= 0.6 is 15.9 Å². The highest BCUT2D eigenvalue weighted by molar-refractivity contribution is 9.10. The van der Waals surface area contributed by atoms with E-state index in [9.17, 15) is 0 Å². The molecule has 1 aromatic heterocycles. The van der Waals surface area contributed by atoms with Crippen molar-refractivity contribution >= 4 is 38.6 Å². The number of halogens is 1. The number of aliphatic imine (C=N–C) groups is 1. The Morgan fingerprint density at radius 3 is 2.91 bits per heavy atom. The fourth-order valence-electron chi connectivity index (χ4n) is 3.60. The number of fused-ring (bicyclic) bond motifs is 1. The standard InChI is InChI=1S/C17H22BrN5/c18-15-13(22-17-19-8-9-20-17)6-7-14-16(15)21-11-23(14)10-12-4-2-1-3-5-12/h6-7,11-12H,1-5,8-10H2,(H2,19,20,22). The van der Waals surface area contributed by atoms with Gasteiger partial charge in [0.1, 0.15) is 5.52 Å². The van der Waals surface area contributed by atoms with Gasteiger partial charge in [0.15, 0.2) is 5.96 Å². The van der Waals surface area contributed by atoms with Gasteiger partial charge < -0.3 is 15.2 Å². The highest BCUT2D eigenvalue weighted by atomic mass is 79.9. The number of nitrogens with zero attached hydrogens (tertiary/aromatic N) is 3. The van der Waals surface area contributed by atoms with Crippen LogP contribution < -0.4 is 10.6 Å². The van der Waals surface area contributed by atoms with Crippen molar-refractivity contribution in [3.63, 3.8) is 0 Å². The molecule has 1 saturated carbocycles. The average Bonchev–Trinajstić information content (AvgIpc) is 3.22. The van der Waals surface area contributed by atoms with E-state index in [-0.39, 0.29) is 0 Å². The minimum atomic E-state index is 0.801. The van der Waals surface area contributed by atoms with Gasteiger partial charge in [0, 0.05) is 13.1 Å². The second-order valence-electron chi connectivity index (χ2n) is 6.48. The van der Waals surface area contributed by atoms with Crippen LogP contribution in [0.5, 0.6) is 0 Å². The molecule has 0 bridgehead atoms. The third-order valence-corrected chi connectivity index (χ3v) is 5.64. The van der Waals surface area contributed by atoms with Crippen LogP contribution in [-0.2, 0) is 6.54 Å². The van der Waals surface area contributed by atoms with E-state index in [1.165, 1.54) is 37.6 Å². The number of aromatic nitrogens is 2. The van der Waals surface area contributed by atoms with Gasteiger partial charge in [-0.1, -0.05) is 19.3 Å². The van der Waals surface area contributed by atoms with E-state index in [2.05, 4.69) is 53.2 Å². The molecule has 4 rings (SSSR count). The zero-order valence-electron chi connectivity index (χ0n) is 13.2. The molecule has 2 N–H and O–H groups in total. The lowest BCUT2D eigenvalue weighted by Crippen LogP contribution is -2.26. The number of rotatable bonds is 3. The molecular weight excluding hydrogens is 354 g/mol. The summed E-state index contributed by atoms with van der Waals surface area (Å²) in [5.74, 6) is 1.64. The lowest BCUT2D eigenvalue weighted by Gasteiger charge is -2.22. The third kappa shape index (κ3) is 3.09. The zero-order valence-corrected chi connectivity index (χ0v) is 14.8. The molecule has 6 heteroatoms. The first-order chi connectivity index (χ1) is 11.3. The molecule has 2 heterocycles. The summed E-state index contributed by atoms with van der Waals surface area (Å²) in [5, 5.41) is 6.57. The molecular formula is C17H22BrN5. The first-order valence-electron chi connectivity index (χ1n) is 8.50. The Hall–Kier alpha value is -1.56. The maximum Gasteiger partial charge on any atom is 0.195 e. The summed E-state index contributed by atoms with van der Waals surface area (Å²) >= 11 is 3.71. The molecule has 1 aliphatic carbocycles. The molecule has 0 radical (unpaired) electrons. The van der Waals surface area contributed by atoms with Crippen molar-refractivity contribution in [2.75, 3.05) is 18.4 Å². The van der Waals surface area contributed by atoms with E-state index in [1.54, 1.807) is 0 Å². The van der Waals surface area contributed by atoms with Crippen LogP contribution in [0.25, 0.3) is 11.0 Å². The van der Waals surface area contributed by atoms with E-state index in [0.29, 0.717) is 0 Å². The molecule has 1 aromatic carbocycles. The van der Waals surface area contributed by atoms with E-state index in [4.69, 9.17) is 0 Å². The van der Waals surface area contributed by atoms with E-state index in [0.717, 1.165) is 47.2 Å². The summed E-state index contributed by atoms with van der Waals surface area (Å²) in [6.07, 6.45) is 8.85. The van der Waals surface area contributed by atoms with Gasteiger partial charge in [-0.15, -0.1) is 0 Å². The summed E-state index contributed by atoms with van der Waals surface area (Å²) < 4.78 is 3.32. The van der Waals surface area contributed by atoms with Crippen molar-refractivity contribution < 1.29 is 0 Å². The number of imidazole rings is 1. The second kappa shape index (κ2) is 6.51. The first kappa shape index (κ1) is 15.0. The van der Waals surface area contributed by atoms with Crippen LogP contribution in [0.1, 0.15) is 32.1 Å². The van der Waals surface area contributed by atoms with E-state index >= 15 is 0 Å². The Kier molecular flexibility index (Phi) is 4.25. The number of anilines is 1. The largest absolute Gasteiger partial charge is 0.354 e. The molecule has 0 atom stereocenters. The molecule has 0 saturated heterocycles. The normalized spacial score (nSPS) is 18.9. The highest BCUT2D eigenvalue weighted by Gasteiger charge is 2.17. The van der Waals surface area contributed by atoms with Gasteiger partial charge in [-0.2, -0.15) is 0 Å². The maximum absolute atomic E-state index is 4.63. The Balaban J connectivity index is 1.58. The smallest absolute Gasteiger partial charge is 0.195 e. The maximum atomic E-state index is 4.63. The number of hydrogen-bond donors (Lipinski definition) is 2. The lowest BCUT2D eigenvalue weighted by atomic mass is 9.89. The van der Waals surface area contributed by atoms with Crippen molar-refractivity contribution in [1.29, 1.82) is 0 Å². The van der Waals surface area contributed by atoms with Crippen LogP contribution in [0, 0.1) is 5.92 Å². The van der Waals surface area contributed by atoms with E-state index in [1.807, 2.05) is 6.33 Å². The van der Waals surface area contributed by atoms with Gasteiger partial charge in [0.25, 0.3) is 0 Å². The molecule has 1 fully saturated rings. The predicted octanol–water partition coefficient (Wildman–Crippen LogP) is 3.75. The van der Waals surface area contributed by atoms with Crippen molar-refractivity contribution in [2.24, 2.45) is 10.9 Å². The van der Waals surface area contributed by atoms with Crippen molar-refractivity contribution in [3.05, 3.63) is 22.9 Å². The molecule has 1 aliphatic heterocycles. The first-order valence-corrected chi connectivity index (χ1v) is 9.29. The highest BCUT2D eigenvalue weighted by Crippen LogP contribution is 2.32. The second-order valence-corrected chi connectivity index (χ2v) is 7.27. The minimum Gasteiger partial charge on any atom is -0.354 e. The van der Waals surface area contributed by atoms with Crippen LogP contribution in [-0.4, -0.2) is 28.6 Å². The fourth-order valence-corrected chi connectivity index (χ4v) is 4.13. The van der Waals surface area contributed by atoms with Gasteiger partial charge >= 0.3 is 0 Å². The quantitative estimate of drug-likeness (QED) is 0.858. The molecule has 2 aliphatic rings. The number of nitrogens with one attached hydrogen (secondary N) is 2. The SMILES string of the molecule is Brc1c(NC2=NCCN2)ccc2c1ncn2CC1CCCCC1. The average molecular weight is 376 g/mol. The van der Waals surface area contributed by atoms with Gasteiger partial charge in [-0.05, 0) is 46.8 Å². The van der Waals surface area contributed by atoms with Gasteiger partial charge in [-0.25, -0.2) is 4.98 Å². The Labute approximate surface area is 144 Å². The summed E-state index contributed by atoms with van der Waals surface area (Å²) in [6, 6.07) is 4.27. The number of benzene rings is 1. The van der Waals surface area contributed by atoms with Crippen molar-refractivity contribution in [1.82, 2.24) is 14.9 Å². The van der Waals surface area contributed by atoms with Crippen molar-refractivity contribution in [2.45, 2.75) is 38.6 Å². The van der Waals surface area contributed by atoms with Crippen LogP contribution in [0.3, 0.4) is 0 Å². The molecule has 0 amide bonds. The molecule has 0 spiro atoms. The predicted molar refractivity (Wildman–Crippen MR) is 97.9 cm³/mol. The molecule has 2 aromatic rings. The summed E-state index contributed by atoms with van der Waals surface area (Å²) in [7, 11) is 0. The fraction of sp³-hybridized carbons (Fsp3) is 0.529. The Morgan fingerprint density at radius 2 is 2.13 bits per heavy atom. The van der Waals surface area contributed by atoms with Crippen LogP contribution in [0.4, 0.5) is 5.69 Å². The van der Waals surface area contributed by atoms with Gasteiger partial charge in [0.2, 0.25) is 0 Å². The van der Waals surface area contributed by atoms with Crippen molar-refractivity contribution in [3.8, 4) is 0 Å². The molecule has 122 valence electrons. The number of hydrogen-bond acceptors (Lipinski definition) is 4. The summed E-state index contributed by atoms with van der Waals surface area (Å²) in [4.78, 5) is 9.02. The third-order valence-electron chi connectivity index (χ3n) is 4.84. The summed E-state index contributed by atoms with van der Waals surface area (Å²) in [5.41, 5.74) is 3.23. The number of guanidine groups is 1. The Morgan fingerprint density at radius 1 is 1.26 bits per heavy atom. The van der Waals surface area contributed by atoms with Gasteiger partial charge in [0.05, 0.1) is 28.5 Å². The van der Waals surface area contributed by atoms with Crippen LogP contribution in [0.15, 0.2) is 27.9 Å². The zero-order chi connectivity index (χ0) is 15.6. The lowest BCUT2D eigenvalue weighted by molar-refractivity contribution is 0.322. The summed E-state index contributed by atoms with van der Waals surface area (Å²) in [6.45, 7) is 2.82. The Bertz CT molecular complexity index is 730. The van der Waals surface area contributed by atoms with Gasteiger partial charge in [-0.3, -0.25) is 4.99 Å². The van der Waals surface area contributed by atoms with Crippen LogP contribution in [0.2, 0.25) is 0 Å². The molecule has 5 nitrogen and oxygen atoms in total. The molecule has 23 heavy (non-hydrogen) atoms. The monoisotopic (exact) mass is 375 g/mol. The minimum absolute atomic E-state index is 0.801. The topological polar surface area (TPSA) is 54.2 Å². The molecule has 0 unspecified atom stereocenters. The van der Waals surface area contributed by atoms with E-state index < -0.39 is 0 Å².